The SMILES string of the molecule is Cc1cc(C)c(-c2ccc(N3CCN(S(=O)(=O)c4ccc(F)cc4)CC3)nn2)cc1C. The van der Waals surface area contributed by atoms with Gasteiger partial charge in [-0.1, -0.05) is 6.07 Å². The van der Waals surface area contributed by atoms with E-state index in [0.717, 1.165) is 34.8 Å². The predicted octanol–water partition coefficient (Wildman–Crippen LogP) is 3.72. The Morgan fingerprint density at radius 3 is 2.06 bits per heavy atom. The van der Waals surface area contributed by atoms with Crippen molar-refractivity contribution >= 4 is 15.8 Å². The van der Waals surface area contributed by atoms with Crippen molar-refractivity contribution < 1.29 is 12.8 Å². The first-order valence-electron chi connectivity index (χ1n) is 10.2. The topological polar surface area (TPSA) is 66.4 Å². The molecule has 1 fully saturated rings. The molecule has 0 N–H and O–H groups in total. The summed E-state index contributed by atoms with van der Waals surface area (Å²) in [6, 6.07) is 13.1. The summed E-state index contributed by atoms with van der Waals surface area (Å²) in [7, 11) is -3.64. The number of aryl methyl sites for hydroxylation is 3. The van der Waals surface area contributed by atoms with Gasteiger partial charge in [-0.25, -0.2) is 12.8 Å². The van der Waals surface area contributed by atoms with E-state index in [9.17, 15) is 12.8 Å². The van der Waals surface area contributed by atoms with E-state index in [-0.39, 0.29) is 4.90 Å². The van der Waals surface area contributed by atoms with E-state index in [1.54, 1.807) is 0 Å². The molecule has 0 unspecified atom stereocenters. The standard InChI is InChI=1S/C23H25FN4O2S/c1-16-14-18(3)21(15-17(16)2)22-8-9-23(26-25-22)27-10-12-28(13-11-27)31(29,30)20-6-4-19(24)5-7-20/h4-9,14-15H,10-13H2,1-3H3. The molecule has 1 aliphatic heterocycles. The lowest BCUT2D eigenvalue weighted by Crippen LogP contribution is -2.49. The Labute approximate surface area is 182 Å². The van der Waals surface area contributed by atoms with E-state index in [0.29, 0.717) is 26.2 Å². The summed E-state index contributed by atoms with van der Waals surface area (Å²) in [5, 5.41) is 8.81. The number of sulfonamides is 1. The molecular formula is C23H25FN4O2S. The zero-order valence-corrected chi connectivity index (χ0v) is 18.7. The van der Waals surface area contributed by atoms with E-state index >= 15 is 0 Å². The van der Waals surface area contributed by atoms with Gasteiger partial charge in [0.2, 0.25) is 10.0 Å². The molecule has 4 rings (SSSR count). The molecule has 0 saturated carbocycles. The zero-order valence-electron chi connectivity index (χ0n) is 17.8. The van der Waals surface area contributed by atoms with Crippen LogP contribution in [-0.2, 0) is 10.0 Å². The minimum atomic E-state index is -3.64. The lowest BCUT2D eigenvalue weighted by molar-refractivity contribution is 0.383. The van der Waals surface area contributed by atoms with Crippen LogP contribution in [0.4, 0.5) is 10.2 Å². The average Bonchev–Trinajstić information content (AvgIpc) is 2.77. The molecule has 1 saturated heterocycles. The maximum atomic E-state index is 13.1. The van der Waals surface area contributed by atoms with Crippen molar-refractivity contribution in [3.8, 4) is 11.3 Å². The number of benzene rings is 2. The van der Waals surface area contributed by atoms with Crippen molar-refractivity contribution in [2.24, 2.45) is 0 Å². The van der Waals surface area contributed by atoms with Crippen molar-refractivity contribution in [1.82, 2.24) is 14.5 Å². The smallest absolute Gasteiger partial charge is 0.243 e. The number of piperazine rings is 1. The third-order valence-corrected chi connectivity index (χ3v) is 7.69. The summed E-state index contributed by atoms with van der Waals surface area (Å²) in [6.07, 6.45) is 0. The molecule has 1 aromatic heterocycles. The number of halogens is 1. The van der Waals surface area contributed by atoms with Crippen molar-refractivity contribution in [2.45, 2.75) is 25.7 Å². The molecule has 162 valence electrons. The Kier molecular flexibility index (Phi) is 5.77. The first kappa shape index (κ1) is 21.4. The van der Waals surface area contributed by atoms with Crippen LogP contribution in [0.3, 0.4) is 0 Å². The van der Waals surface area contributed by atoms with Crippen LogP contribution >= 0.6 is 0 Å². The monoisotopic (exact) mass is 440 g/mol. The Morgan fingerprint density at radius 2 is 1.45 bits per heavy atom. The summed E-state index contributed by atoms with van der Waals surface area (Å²) >= 11 is 0. The number of hydrogen-bond acceptors (Lipinski definition) is 5. The molecule has 1 aliphatic rings. The molecule has 2 heterocycles. The van der Waals surface area contributed by atoms with Gasteiger partial charge in [0, 0.05) is 31.7 Å². The number of anilines is 1. The van der Waals surface area contributed by atoms with Crippen molar-refractivity contribution in [3.63, 3.8) is 0 Å². The highest BCUT2D eigenvalue weighted by Gasteiger charge is 2.29. The van der Waals surface area contributed by atoms with Crippen LogP contribution in [0.5, 0.6) is 0 Å². The fourth-order valence-electron chi connectivity index (χ4n) is 3.79. The second-order valence-corrected chi connectivity index (χ2v) is 9.81. The molecule has 0 atom stereocenters. The Bertz CT molecular complexity index is 1190. The maximum Gasteiger partial charge on any atom is 0.243 e. The highest BCUT2D eigenvalue weighted by molar-refractivity contribution is 7.89. The molecule has 8 heteroatoms. The summed E-state index contributed by atoms with van der Waals surface area (Å²) in [5.41, 5.74) is 5.51. The molecule has 0 spiro atoms. The van der Waals surface area contributed by atoms with Gasteiger partial charge in [-0.2, -0.15) is 4.31 Å². The molecule has 0 amide bonds. The third-order valence-electron chi connectivity index (χ3n) is 5.78. The molecule has 0 bridgehead atoms. The third kappa shape index (κ3) is 4.31. The highest BCUT2D eigenvalue weighted by atomic mass is 32.2. The maximum absolute atomic E-state index is 13.1. The van der Waals surface area contributed by atoms with Crippen molar-refractivity contribution in [3.05, 3.63) is 71.0 Å². The Hall–Kier alpha value is -2.84. The summed E-state index contributed by atoms with van der Waals surface area (Å²) in [4.78, 5) is 2.14. The van der Waals surface area contributed by atoms with Gasteiger partial charge in [-0.15, -0.1) is 10.2 Å². The Morgan fingerprint density at radius 1 is 0.806 bits per heavy atom. The van der Waals surface area contributed by atoms with Crippen LogP contribution < -0.4 is 4.90 Å². The van der Waals surface area contributed by atoms with Gasteiger partial charge in [0.1, 0.15) is 5.82 Å². The van der Waals surface area contributed by atoms with Gasteiger partial charge in [-0.05, 0) is 79.9 Å². The van der Waals surface area contributed by atoms with Crippen molar-refractivity contribution in [1.29, 1.82) is 0 Å². The van der Waals surface area contributed by atoms with Crippen LogP contribution in [0.1, 0.15) is 16.7 Å². The quantitative estimate of drug-likeness (QED) is 0.619. The van der Waals surface area contributed by atoms with Crippen LogP contribution in [-0.4, -0.2) is 49.1 Å². The molecule has 0 aliphatic carbocycles. The lowest BCUT2D eigenvalue weighted by atomic mass is 9.99. The minimum absolute atomic E-state index is 0.107. The van der Waals surface area contributed by atoms with Crippen LogP contribution in [0.2, 0.25) is 0 Å². The van der Waals surface area contributed by atoms with Gasteiger partial charge in [0.05, 0.1) is 10.6 Å². The number of rotatable bonds is 4. The van der Waals surface area contributed by atoms with Crippen LogP contribution in [0, 0.1) is 26.6 Å². The predicted molar refractivity (Wildman–Crippen MR) is 119 cm³/mol. The van der Waals surface area contributed by atoms with Crippen LogP contribution in [0.25, 0.3) is 11.3 Å². The van der Waals surface area contributed by atoms with Gasteiger partial charge in [-0.3, -0.25) is 0 Å². The lowest BCUT2D eigenvalue weighted by Gasteiger charge is -2.34. The second-order valence-electron chi connectivity index (χ2n) is 7.87. The zero-order chi connectivity index (χ0) is 22.2. The first-order valence-corrected chi connectivity index (χ1v) is 11.6. The number of aromatic nitrogens is 2. The van der Waals surface area contributed by atoms with Gasteiger partial charge in [0.25, 0.3) is 0 Å². The average molecular weight is 441 g/mol. The summed E-state index contributed by atoms with van der Waals surface area (Å²) in [5.74, 6) is 0.269. The van der Waals surface area contributed by atoms with Crippen molar-refractivity contribution in [2.75, 3.05) is 31.1 Å². The molecule has 2 aromatic carbocycles. The molecule has 6 nitrogen and oxygen atoms in total. The van der Waals surface area contributed by atoms with E-state index in [1.165, 1.54) is 27.6 Å². The molecule has 3 aromatic rings. The van der Waals surface area contributed by atoms with E-state index in [2.05, 4.69) is 43.1 Å². The summed E-state index contributed by atoms with van der Waals surface area (Å²) in [6.45, 7) is 7.93. The highest BCUT2D eigenvalue weighted by Crippen LogP contribution is 2.26. The normalized spacial score (nSPS) is 15.3. The largest absolute Gasteiger partial charge is 0.352 e. The summed E-state index contributed by atoms with van der Waals surface area (Å²) < 4.78 is 40.1. The fraction of sp³-hybridized carbons (Fsp3) is 0.304. The van der Waals surface area contributed by atoms with Gasteiger partial charge < -0.3 is 4.90 Å². The Balaban J connectivity index is 1.46. The van der Waals surface area contributed by atoms with Gasteiger partial charge in [0.15, 0.2) is 5.82 Å². The van der Waals surface area contributed by atoms with E-state index in [1.807, 2.05) is 17.0 Å². The minimum Gasteiger partial charge on any atom is -0.352 e. The first-order chi connectivity index (χ1) is 14.8. The van der Waals surface area contributed by atoms with Crippen LogP contribution in [0.15, 0.2) is 53.4 Å². The molecule has 31 heavy (non-hydrogen) atoms. The van der Waals surface area contributed by atoms with E-state index in [4.69, 9.17) is 0 Å². The fourth-order valence-corrected chi connectivity index (χ4v) is 5.21. The second kappa shape index (κ2) is 8.36. The number of nitrogens with zero attached hydrogens (tertiary/aromatic N) is 4. The van der Waals surface area contributed by atoms with Gasteiger partial charge >= 0.3 is 0 Å². The molecular weight excluding hydrogens is 415 g/mol. The number of hydrogen-bond donors (Lipinski definition) is 0. The molecule has 0 radical (unpaired) electrons. The van der Waals surface area contributed by atoms with E-state index < -0.39 is 15.8 Å².